The van der Waals surface area contributed by atoms with Gasteiger partial charge in [-0.1, -0.05) is 15.9 Å². The van der Waals surface area contributed by atoms with E-state index in [1.54, 1.807) is 0 Å². The number of nitrogens with zero attached hydrogens (tertiary/aromatic N) is 1. The number of hydrogen-bond donors (Lipinski definition) is 0. The first-order chi connectivity index (χ1) is 4.34. The minimum atomic E-state index is 0.582. The molecular weight excluding hydrogens is 182 g/mol. The summed E-state index contributed by atoms with van der Waals surface area (Å²) in [6.07, 6.45) is 0. The molecule has 1 rings (SSSR count). The van der Waals surface area contributed by atoms with E-state index >= 15 is 0 Å². The van der Waals surface area contributed by atoms with Crippen LogP contribution in [0.3, 0.4) is 0 Å². The van der Waals surface area contributed by atoms with Crippen molar-refractivity contribution in [3.05, 3.63) is 0 Å². The first kappa shape index (κ1) is 7.51. The summed E-state index contributed by atoms with van der Waals surface area (Å²) in [4.78, 5) is 2.32. The summed E-state index contributed by atoms with van der Waals surface area (Å²) in [6.45, 7) is 2.83. The molecule has 54 valence electrons. The van der Waals surface area contributed by atoms with E-state index in [0.717, 1.165) is 25.1 Å². The van der Waals surface area contributed by atoms with E-state index in [1.165, 1.54) is 0 Å². The Balaban J connectivity index is 2.30. The Morgan fingerprint density at radius 1 is 1.78 bits per heavy atom. The zero-order chi connectivity index (χ0) is 6.69. The van der Waals surface area contributed by atoms with E-state index in [9.17, 15) is 0 Å². The molecule has 0 aliphatic carbocycles. The quantitative estimate of drug-likeness (QED) is 0.570. The number of hydrogen-bond acceptors (Lipinski definition) is 2. The van der Waals surface area contributed by atoms with E-state index in [-0.39, 0.29) is 0 Å². The standard InChI is InChI=1S/C6H12BrNO/c1-8-2-3-9-5-6(8)4-7/h6H,2-5H2,1H3/t6-/m0/s1. The lowest BCUT2D eigenvalue weighted by Crippen LogP contribution is -2.43. The van der Waals surface area contributed by atoms with Crippen LogP contribution in [0.15, 0.2) is 0 Å². The van der Waals surface area contributed by atoms with Crippen LogP contribution in [0.5, 0.6) is 0 Å². The molecule has 1 aliphatic heterocycles. The van der Waals surface area contributed by atoms with E-state index in [4.69, 9.17) is 4.74 Å². The molecule has 0 N–H and O–H groups in total. The van der Waals surface area contributed by atoms with Crippen LogP contribution in [-0.4, -0.2) is 43.1 Å². The second-order valence-corrected chi connectivity index (χ2v) is 3.01. The van der Waals surface area contributed by atoms with E-state index in [2.05, 4.69) is 27.9 Å². The van der Waals surface area contributed by atoms with Gasteiger partial charge in [0.1, 0.15) is 0 Å². The molecule has 0 aromatic heterocycles. The molecule has 1 fully saturated rings. The zero-order valence-corrected chi connectivity index (χ0v) is 7.23. The summed E-state index contributed by atoms with van der Waals surface area (Å²) < 4.78 is 5.27. The van der Waals surface area contributed by atoms with Crippen molar-refractivity contribution in [3.63, 3.8) is 0 Å². The zero-order valence-electron chi connectivity index (χ0n) is 5.64. The second-order valence-electron chi connectivity index (χ2n) is 2.36. The van der Waals surface area contributed by atoms with Crippen LogP contribution in [0.1, 0.15) is 0 Å². The van der Waals surface area contributed by atoms with Crippen LogP contribution in [0.4, 0.5) is 0 Å². The molecule has 0 saturated carbocycles. The SMILES string of the molecule is CN1CCOC[C@@H]1CBr. The van der Waals surface area contributed by atoms with Gasteiger partial charge in [-0.25, -0.2) is 0 Å². The smallest absolute Gasteiger partial charge is 0.0630 e. The monoisotopic (exact) mass is 193 g/mol. The largest absolute Gasteiger partial charge is 0.378 e. The molecule has 1 saturated heterocycles. The molecular formula is C6H12BrNO. The van der Waals surface area contributed by atoms with Gasteiger partial charge in [0.25, 0.3) is 0 Å². The van der Waals surface area contributed by atoms with Crippen molar-refractivity contribution in [3.8, 4) is 0 Å². The fourth-order valence-electron chi connectivity index (χ4n) is 0.900. The lowest BCUT2D eigenvalue weighted by atomic mass is 10.3. The van der Waals surface area contributed by atoms with E-state index in [0.29, 0.717) is 6.04 Å². The average molecular weight is 194 g/mol. The van der Waals surface area contributed by atoms with E-state index < -0.39 is 0 Å². The Bertz CT molecular complexity index is 89.1. The highest BCUT2D eigenvalue weighted by molar-refractivity contribution is 9.09. The number of rotatable bonds is 1. The van der Waals surface area contributed by atoms with Crippen LogP contribution < -0.4 is 0 Å². The third kappa shape index (κ3) is 1.92. The molecule has 1 atom stereocenters. The van der Waals surface area contributed by atoms with Crippen LogP contribution in [-0.2, 0) is 4.74 Å². The fourth-order valence-corrected chi connectivity index (χ4v) is 1.58. The maximum atomic E-state index is 5.27. The maximum absolute atomic E-state index is 5.27. The van der Waals surface area contributed by atoms with Crippen LogP contribution in [0.2, 0.25) is 0 Å². The maximum Gasteiger partial charge on any atom is 0.0630 e. The predicted molar refractivity (Wildman–Crippen MR) is 41.0 cm³/mol. The lowest BCUT2D eigenvalue weighted by molar-refractivity contribution is 0.0153. The van der Waals surface area contributed by atoms with Crippen molar-refractivity contribution in [1.29, 1.82) is 0 Å². The Morgan fingerprint density at radius 3 is 3.00 bits per heavy atom. The fraction of sp³-hybridized carbons (Fsp3) is 1.00. The van der Waals surface area contributed by atoms with Gasteiger partial charge in [-0.2, -0.15) is 0 Å². The molecule has 0 radical (unpaired) electrons. The van der Waals surface area contributed by atoms with Crippen LogP contribution in [0.25, 0.3) is 0 Å². The van der Waals surface area contributed by atoms with E-state index in [1.807, 2.05) is 0 Å². The minimum Gasteiger partial charge on any atom is -0.378 e. The highest BCUT2D eigenvalue weighted by Crippen LogP contribution is 2.05. The Morgan fingerprint density at radius 2 is 2.56 bits per heavy atom. The highest BCUT2D eigenvalue weighted by Gasteiger charge is 2.16. The van der Waals surface area contributed by atoms with Crippen LogP contribution in [0, 0.1) is 0 Å². The lowest BCUT2D eigenvalue weighted by Gasteiger charge is -2.30. The molecule has 0 bridgehead atoms. The Labute approximate surface area is 64.3 Å². The Hall–Kier alpha value is 0.400. The molecule has 1 aliphatic rings. The molecule has 1 heterocycles. The van der Waals surface area contributed by atoms with Gasteiger partial charge >= 0.3 is 0 Å². The number of halogens is 1. The van der Waals surface area contributed by atoms with Crippen molar-refractivity contribution in [2.45, 2.75) is 6.04 Å². The van der Waals surface area contributed by atoms with Gasteiger partial charge in [-0.3, -0.25) is 4.90 Å². The molecule has 0 spiro atoms. The molecule has 0 aromatic rings. The third-order valence-electron chi connectivity index (χ3n) is 1.70. The number of likely N-dealkylation sites (N-methyl/N-ethyl adjacent to an activating group) is 1. The first-order valence-corrected chi connectivity index (χ1v) is 4.30. The summed E-state index contributed by atoms with van der Waals surface area (Å²) in [5.74, 6) is 0. The van der Waals surface area contributed by atoms with Gasteiger partial charge in [0, 0.05) is 17.9 Å². The van der Waals surface area contributed by atoms with Gasteiger partial charge in [-0.15, -0.1) is 0 Å². The predicted octanol–water partition coefficient (Wildman–Crippen LogP) is 0.712. The second kappa shape index (κ2) is 3.54. The summed E-state index contributed by atoms with van der Waals surface area (Å²) in [7, 11) is 2.13. The Kier molecular flexibility index (Phi) is 2.95. The third-order valence-corrected chi connectivity index (χ3v) is 2.45. The van der Waals surface area contributed by atoms with Crippen molar-refractivity contribution in [2.75, 3.05) is 32.1 Å². The van der Waals surface area contributed by atoms with Gasteiger partial charge in [-0.05, 0) is 7.05 Å². The van der Waals surface area contributed by atoms with Gasteiger partial charge < -0.3 is 4.74 Å². The molecule has 0 unspecified atom stereocenters. The molecule has 2 nitrogen and oxygen atoms in total. The van der Waals surface area contributed by atoms with Crippen molar-refractivity contribution < 1.29 is 4.74 Å². The normalized spacial score (nSPS) is 30.7. The van der Waals surface area contributed by atoms with Crippen molar-refractivity contribution in [1.82, 2.24) is 4.90 Å². The highest BCUT2D eigenvalue weighted by atomic mass is 79.9. The topological polar surface area (TPSA) is 12.5 Å². The summed E-state index contributed by atoms with van der Waals surface area (Å²) in [5, 5.41) is 1.02. The van der Waals surface area contributed by atoms with Crippen molar-refractivity contribution >= 4 is 15.9 Å². The number of ether oxygens (including phenoxy) is 1. The number of alkyl halides is 1. The van der Waals surface area contributed by atoms with Gasteiger partial charge in [0.05, 0.1) is 13.2 Å². The summed E-state index contributed by atoms with van der Waals surface area (Å²) in [6, 6.07) is 0.582. The van der Waals surface area contributed by atoms with Gasteiger partial charge in [0.15, 0.2) is 0 Å². The summed E-state index contributed by atoms with van der Waals surface area (Å²) in [5.41, 5.74) is 0. The molecule has 9 heavy (non-hydrogen) atoms. The van der Waals surface area contributed by atoms with Crippen molar-refractivity contribution in [2.24, 2.45) is 0 Å². The van der Waals surface area contributed by atoms with Gasteiger partial charge in [0.2, 0.25) is 0 Å². The minimum absolute atomic E-state index is 0.582. The van der Waals surface area contributed by atoms with Crippen LogP contribution >= 0.6 is 15.9 Å². The average Bonchev–Trinajstić information content (AvgIpc) is 1.89. The molecule has 0 aromatic carbocycles. The summed E-state index contributed by atoms with van der Waals surface area (Å²) >= 11 is 3.43. The number of morpholine rings is 1. The molecule has 0 amide bonds. The molecule has 3 heteroatoms. The first-order valence-electron chi connectivity index (χ1n) is 3.18.